The van der Waals surface area contributed by atoms with Gasteiger partial charge in [0, 0.05) is 11.4 Å². The molecule has 0 spiro atoms. The van der Waals surface area contributed by atoms with Gasteiger partial charge in [-0.05, 0) is 59.9 Å². The maximum absolute atomic E-state index is 13.5. The maximum atomic E-state index is 13.5. The largest absolute Gasteiger partial charge is 0.494 e. The van der Waals surface area contributed by atoms with Gasteiger partial charge >= 0.3 is 0 Å². The van der Waals surface area contributed by atoms with Crippen molar-refractivity contribution in [2.24, 2.45) is 0 Å². The Labute approximate surface area is 178 Å². The molecule has 3 aromatic carbocycles. The van der Waals surface area contributed by atoms with E-state index in [0.717, 1.165) is 29.1 Å². The van der Waals surface area contributed by atoms with Crippen molar-refractivity contribution in [3.05, 3.63) is 89.5 Å². The Balaban J connectivity index is 1.73. The van der Waals surface area contributed by atoms with Crippen molar-refractivity contribution in [1.29, 1.82) is 0 Å². The lowest BCUT2D eigenvalue weighted by atomic mass is 10.00. The van der Waals surface area contributed by atoms with Gasteiger partial charge in [-0.2, -0.15) is 0 Å². The molecular weight excluding hydrogens is 372 g/mol. The number of rotatable bonds is 6. The van der Waals surface area contributed by atoms with Crippen molar-refractivity contribution in [2.45, 2.75) is 39.3 Å². The Morgan fingerprint density at radius 3 is 2.33 bits per heavy atom. The topological polar surface area (TPSA) is 41.6 Å². The molecule has 3 aromatic rings. The molecule has 1 N–H and O–H groups in total. The van der Waals surface area contributed by atoms with Crippen LogP contribution in [0, 0.1) is 0 Å². The Bertz CT molecular complexity index is 1010. The lowest BCUT2D eigenvalue weighted by Gasteiger charge is -2.38. The molecule has 1 heterocycles. The standard InChI is InChI=1S/C26H28N2O2/c1-4-17-30-22-15-11-20(12-16-22)25-27-24-8-6-5-7-23(24)26(29)28(25)21-13-9-19(10-14-21)18(2)3/h5-16,18,25,27H,4,17H2,1-3H3/t25-/m0/s1. The normalized spacial score (nSPS) is 15.7. The molecule has 0 saturated carbocycles. The van der Waals surface area contributed by atoms with E-state index in [2.05, 4.69) is 38.2 Å². The van der Waals surface area contributed by atoms with Gasteiger partial charge in [-0.1, -0.05) is 57.2 Å². The molecule has 0 aromatic heterocycles. The number of hydrogen-bond donors (Lipinski definition) is 1. The summed E-state index contributed by atoms with van der Waals surface area (Å²) in [5.41, 5.74) is 4.68. The quantitative estimate of drug-likeness (QED) is 0.523. The predicted molar refractivity (Wildman–Crippen MR) is 122 cm³/mol. The van der Waals surface area contributed by atoms with Crippen LogP contribution >= 0.6 is 0 Å². The molecule has 0 unspecified atom stereocenters. The first kappa shape index (κ1) is 20.0. The number of benzene rings is 3. The summed E-state index contributed by atoms with van der Waals surface area (Å²) in [6.07, 6.45) is 0.676. The van der Waals surface area contributed by atoms with E-state index >= 15 is 0 Å². The summed E-state index contributed by atoms with van der Waals surface area (Å²) in [6, 6.07) is 24.0. The first-order chi connectivity index (χ1) is 14.6. The number of fused-ring (bicyclic) bond motifs is 1. The van der Waals surface area contributed by atoms with Crippen LogP contribution in [0.15, 0.2) is 72.8 Å². The second kappa shape index (κ2) is 8.62. The van der Waals surface area contributed by atoms with E-state index < -0.39 is 0 Å². The summed E-state index contributed by atoms with van der Waals surface area (Å²) in [6.45, 7) is 7.13. The van der Waals surface area contributed by atoms with Gasteiger partial charge in [-0.25, -0.2) is 0 Å². The molecule has 4 rings (SSSR count). The van der Waals surface area contributed by atoms with Gasteiger partial charge in [0.25, 0.3) is 5.91 Å². The van der Waals surface area contributed by atoms with Crippen molar-refractivity contribution < 1.29 is 9.53 Å². The van der Waals surface area contributed by atoms with E-state index in [4.69, 9.17) is 4.74 Å². The van der Waals surface area contributed by atoms with Crippen LogP contribution in [-0.2, 0) is 0 Å². The van der Waals surface area contributed by atoms with Crippen LogP contribution in [0.2, 0.25) is 0 Å². The number of nitrogens with zero attached hydrogens (tertiary/aromatic N) is 1. The fourth-order valence-electron chi connectivity index (χ4n) is 3.74. The van der Waals surface area contributed by atoms with Crippen molar-refractivity contribution in [1.82, 2.24) is 0 Å². The number of carbonyl (C=O) groups excluding carboxylic acids is 1. The van der Waals surface area contributed by atoms with Gasteiger partial charge in [0.1, 0.15) is 11.9 Å². The molecule has 0 aliphatic carbocycles. The maximum Gasteiger partial charge on any atom is 0.262 e. The zero-order chi connectivity index (χ0) is 21.1. The first-order valence-corrected chi connectivity index (χ1v) is 10.6. The van der Waals surface area contributed by atoms with Gasteiger partial charge < -0.3 is 10.1 Å². The average Bonchev–Trinajstić information content (AvgIpc) is 2.78. The highest BCUT2D eigenvalue weighted by Crippen LogP contribution is 2.37. The summed E-state index contributed by atoms with van der Waals surface area (Å²) in [4.78, 5) is 15.3. The molecule has 1 atom stereocenters. The second-order valence-electron chi connectivity index (χ2n) is 7.93. The number of nitrogens with one attached hydrogen (secondary N) is 1. The molecule has 1 amide bonds. The second-order valence-corrected chi connectivity index (χ2v) is 7.93. The third-order valence-corrected chi connectivity index (χ3v) is 5.43. The molecule has 1 aliphatic heterocycles. The van der Waals surface area contributed by atoms with Crippen molar-refractivity contribution in [2.75, 3.05) is 16.8 Å². The van der Waals surface area contributed by atoms with Crippen molar-refractivity contribution in [3.8, 4) is 5.75 Å². The molecule has 4 nitrogen and oxygen atoms in total. The minimum Gasteiger partial charge on any atom is -0.494 e. The number of ether oxygens (including phenoxy) is 1. The van der Waals surface area contributed by atoms with Crippen LogP contribution in [0.1, 0.15) is 60.8 Å². The third kappa shape index (κ3) is 3.90. The monoisotopic (exact) mass is 400 g/mol. The highest BCUT2D eigenvalue weighted by Gasteiger charge is 2.34. The number of hydrogen-bond acceptors (Lipinski definition) is 3. The SMILES string of the molecule is CCCOc1ccc([C@H]2Nc3ccccc3C(=O)N2c2ccc(C(C)C)cc2)cc1. The smallest absolute Gasteiger partial charge is 0.262 e. The molecule has 4 heteroatoms. The highest BCUT2D eigenvalue weighted by molar-refractivity contribution is 6.12. The molecular formula is C26H28N2O2. The molecule has 0 radical (unpaired) electrons. The molecule has 154 valence electrons. The minimum atomic E-state index is -0.294. The highest BCUT2D eigenvalue weighted by atomic mass is 16.5. The van der Waals surface area contributed by atoms with Crippen LogP contribution < -0.4 is 15.0 Å². The number of amides is 1. The Hall–Kier alpha value is -3.27. The van der Waals surface area contributed by atoms with Gasteiger partial charge in [-0.15, -0.1) is 0 Å². The summed E-state index contributed by atoms with van der Waals surface area (Å²) in [7, 11) is 0. The van der Waals surface area contributed by atoms with Gasteiger partial charge in [0.05, 0.1) is 12.2 Å². The van der Waals surface area contributed by atoms with Crippen LogP contribution in [0.5, 0.6) is 5.75 Å². The lowest BCUT2D eigenvalue weighted by molar-refractivity contribution is 0.0975. The van der Waals surface area contributed by atoms with E-state index in [-0.39, 0.29) is 12.1 Å². The third-order valence-electron chi connectivity index (χ3n) is 5.43. The fraction of sp³-hybridized carbons (Fsp3) is 0.269. The minimum absolute atomic E-state index is 0.00189. The predicted octanol–water partition coefficient (Wildman–Crippen LogP) is 6.37. The zero-order valence-electron chi connectivity index (χ0n) is 17.8. The van der Waals surface area contributed by atoms with Gasteiger partial charge in [0.15, 0.2) is 0 Å². The molecule has 30 heavy (non-hydrogen) atoms. The van der Waals surface area contributed by atoms with E-state index in [1.165, 1.54) is 5.56 Å². The average molecular weight is 401 g/mol. The number of carbonyl (C=O) groups is 1. The lowest BCUT2D eigenvalue weighted by Crippen LogP contribution is -2.43. The van der Waals surface area contributed by atoms with Crippen LogP contribution in [0.3, 0.4) is 0 Å². The van der Waals surface area contributed by atoms with Crippen LogP contribution in [-0.4, -0.2) is 12.5 Å². The molecule has 0 fully saturated rings. The Morgan fingerprint density at radius 2 is 1.67 bits per heavy atom. The summed E-state index contributed by atoms with van der Waals surface area (Å²) in [5, 5.41) is 3.56. The zero-order valence-corrected chi connectivity index (χ0v) is 17.8. The van der Waals surface area contributed by atoms with E-state index in [1.807, 2.05) is 65.6 Å². The Morgan fingerprint density at radius 1 is 0.967 bits per heavy atom. The van der Waals surface area contributed by atoms with Crippen LogP contribution in [0.25, 0.3) is 0 Å². The summed E-state index contributed by atoms with van der Waals surface area (Å²) >= 11 is 0. The van der Waals surface area contributed by atoms with Gasteiger partial charge in [-0.3, -0.25) is 9.69 Å². The first-order valence-electron chi connectivity index (χ1n) is 10.6. The molecule has 0 saturated heterocycles. The van der Waals surface area contributed by atoms with E-state index in [1.54, 1.807) is 0 Å². The van der Waals surface area contributed by atoms with Crippen LogP contribution in [0.4, 0.5) is 11.4 Å². The number of anilines is 2. The fourth-order valence-corrected chi connectivity index (χ4v) is 3.74. The van der Waals surface area contributed by atoms with Crippen molar-refractivity contribution in [3.63, 3.8) is 0 Å². The summed E-state index contributed by atoms with van der Waals surface area (Å²) < 4.78 is 5.72. The van der Waals surface area contributed by atoms with E-state index in [9.17, 15) is 4.79 Å². The van der Waals surface area contributed by atoms with Gasteiger partial charge in [0.2, 0.25) is 0 Å². The summed E-state index contributed by atoms with van der Waals surface area (Å²) in [5.74, 6) is 1.29. The van der Waals surface area contributed by atoms with Crippen molar-refractivity contribution >= 4 is 17.3 Å². The molecule has 0 bridgehead atoms. The Kier molecular flexibility index (Phi) is 5.75. The number of para-hydroxylation sites is 1. The molecule has 1 aliphatic rings. The van der Waals surface area contributed by atoms with E-state index in [0.29, 0.717) is 18.1 Å².